The van der Waals surface area contributed by atoms with Crippen molar-refractivity contribution in [2.24, 2.45) is 0 Å². The molecule has 0 aliphatic carbocycles. The van der Waals surface area contributed by atoms with Gasteiger partial charge in [-0.1, -0.05) is 12.1 Å². The first kappa shape index (κ1) is 12.2. The third-order valence-electron chi connectivity index (χ3n) is 1.72. The van der Waals surface area contributed by atoms with E-state index < -0.39 is 17.7 Å². The number of halogens is 1. The summed E-state index contributed by atoms with van der Waals surface area (Å²) in [6, 6.07) is 5.63. The second-order valence-electron chi connectivity index (χ2n) is 2.61. The molecule has 0 aliphatic heterocycles. The molecule has 0 aromatic heterocycles. The summed E-state index contributed by atoms with van der Waals surface area (Å²) in [5.74, 6) is -2.00. The van der Waals surface area contributed by atoms with Gasteiger partial charge in [-0.05, 0) is 24.6 Å². The van der Waals surface area contributed by atoms with Gasteiger partial charge in [-0.25, -0.2) is 4.39 Å². The molecule has 1 atom stereocenters. The Morgan fingerprint density at radius 3 is 2.62 bits per heavy atom. The summed E-state index contributed by atoms with van der Waals surface area (Å²) in [6.45, 7) is 1.52. The molecule has 0 saturated heterocycles. The molecule has 2 nitrogen and oxygen atoms in total. The Labute approximate surface area is 88.5 Å². The minimum Gasteiger partial charge on any atom is -0.481 e. The molecular formula is C9H9FO2Zn. The molecule has 0 spiro atoms. The molecule has 4 heteroatoms. The fourth-order valence-corrected chi connectivity index (χ4v) is 0.919. The van der Waals surface area contributed by atoms with Crippen molar-refractivity contribution in [1.29, 1.82) is 0 Å². The second-order valence-corrected chi connectivity index (χ2v) is 2.61. The number of hydrogen-bond acceptors (Lipinski definition) is 1. The van der Waals surface area contributed by atoms with Crippen molar-refractivity contribution in [3.8, 4) is 0 Å². The van der Waals surface area contributed by atoms with Crippen molar-refractivity contribution in [2.45, 2.75) is 12.8 Å². The molecule has 0 bridgehead atoms. The van der Waals surface area contributed by atoms with Crippen LogP contribution in [-0.2, 0) is 24.3 Å². The van der Waals surface area contributed by atoms with Gasteiger partial charge in [-0.3, -0.25) is 4.79 Å². The van der Waals surface area contributed by atoms with Crippen LogP contribution in [0.5, 0.6) is 0 Å². The molecule has 0 aliphatic rings. The first-order chi connectivity index (χ1) is 5.61. The Balaban J connectivity index is 0.00000144. The molecule has 0 heterocycles. The predicted octanol–water partition coefficient (Wildman–Crippen LogP) is 2.01. The molecule has 13 heavy (non-hydrogen) atoms. The molecule has 66 valence electrons. The molecule has 0 saturated carbocycles. The predicted molar refractivity (Wildman–Crippen MR) is 42.5 cm³/mol. The number of carboxylic acid groups (broad SMARTS) is 1. The summed E-state index contributed by atoms with van der Waals surface area (Å²) < 4.78 is 12.6. The molecular weight excluding hydrogens is 224 g/mol. The van der Waals surface area contributed by atoms with Gasteiger partial charge in [0.25, 0.3) is 0 Å². The van der Waals surface area contributed by atoms with Crippen molar-refractivity contribution in [3.05, 3.63) is 35.6 Å². The largest absolute Gasteiger partial charge is 0.481 e. The minimum absolute atomic E-state index is 0. The summed E-state index contributed by atoms with van der Waals surface area (Å²) in [6.07, 6.45) is 0. The van der Waals surface area contributed by atoms with Crippen molar-refractivity contribution in [3.63, 3.8) is 0 Å². The molecule has 1 unspecified atom stereocenters. The number of aliphatic carboxylic acids is 1. The molecule has 0 radical (unpaired) electrons. The molecule has 1 aromatic rings. The van der Waals surface area contributed by atoms with E-state index in [-0.39, 0.29) is 19.5 Å². The van der Waals surface area contributed by atoms with E-state index in [1.165, 1.54) is 25.1 Å². The van der Waals surface area contributed by atoms with E-state index in [1.807, 2.05) is 0 Å². The van der Waals surface area contributed by atoms with E-state index in [9.17, 15) is 9.18 Å². The quantitative estimate of drug-likeness (QED) is 0.794. The number of carboxylic acids is 1. The van der Waals surface area contributed by atoms with Crippen LogP contribution in [-0.4, -0.2) is 11.1 Å². The van der Waals surface area contributed by atoms with Gasteiger partial charge in [0.1, 0.15) is 5.82 Å². The first-order valence-corrected chi connectivity index (χ1v) is 3.59. The SMILES string of the molecule is CC(C(=O)O)c1cccc(F)c1.[Zn]. The maximum Gasteiger partial charge on any atom is 0.310 e. The topological polar surface area (TPSA) is 37.3 Å². The van der Waals surface area contributed by atoms with E-state index in [1.54, 1.807) is 6.07 Å². The summed E-state index contributed by atoms with van der Waals surface area (Å²) >= 11 is 0. The van der Waals surface area contributed by atoms with Gasteiger partial charge in [-0.2, -0.15) is 0 Å². The van der Waals surface area contributed by atoms with Crippen molar-refractivity contribution < 1.29 is 33.8 Å². The average molecular weight is 234 g/mol. The van der Waals surface area contributed by atoms with Crippen molar-refractivity contribution in [2.75, 3.05) is 0 Å². The maximum absolute atomic E-state index is 12.6. The van der Waals surface area contributed by atoms with Crippen molar-refractivity contribution >= 4 is 5.97 Å². The van der Waals surface area contributed by atoms with Crippen LogP contribution in [0.15, 0.2) is 24.3 Å². The average Bonchev–Trinajstić information content (AvgIpc) is 2.03. The van der Waals surface area contributed by atoms with Crippen LogP contribution in [0.4, 0.5) is 4.39 Å². The normalized spacial score (nSPS) is 11.5. The third kappa shape index (κ3) is 3.23. The van der Waals surface area contributed by atoms with Gasteiger partial charge >= 0.3 is 5.97 Å². The number of hydrogen-bond donors (Lipinski definition) is 1. The van der Waals surface area contributed by atoms with Gasteiger partial charge in [0, 0.05) is 19.5 Å². The Kier molecular flexibility index (Phi) is 4.78. The molecule has 1 aromatic carbocycles. The van der Waals surface area contributed by atoms with Crippen LogP contribution in [0.2, 0.25) is 0 Å². The zero-order valence-corrected chi connectivity index (χ0v) is 10.3. The Bertz CT molecular complexity index is 301. The van der Waals surface area contributed by atoms with Gasteiger partial charge < -0.3 is 5.11 Å². The molecule has 0 amide bonds. The number of carbonyl (C=O) groups is 1. The van der Waals surface area contributed by atoms with Crippen LogP contribution >= 0.6 is 0 Å². The monoisotopic (exact) mass is 232 g/mol. The van der Waals surface area contributed by atoms with Gasteiger partial charge in [-0.15, -0.1) is 0 Å². The molecule has 1 rings (SSSR count). The van der Waals surface area contributed by atoms with Gasteiger partial charge in [0.05, 0.1) is 5.92 Å². The zero-order chi connectivity index (χ0) is 9.14. The maximum atomic E-state index is 12.6. The Morgan fingerprint density at radius 1 is 1.54 bits per heavy atom. The van der Waals surface area contributed by atoms with Crippen LogP contribution in [0.1, 0.15) is 18.4 Å². The summed E-state index contributed by atoms with van der Waals surface area (Å²) in [5, 5.41) is 8.60. The Morgan fingerprint density at radius 2 is 2.15 bits per heavy atom. The van der Waals surface area contributed by atoms with Crippen LogP contribution in [0, 0.1) is 5.82 Å². The first-order valence-electron chi connectivity index (χ1n) is 3.59. The second kappa shape index (κ2) is 5.08. The fraction of sp³-hybridized carbons (Fsp3) is 0.222. The number of benzene rings is 1. The van der Waals surface area contributed by atoms with Crippen molar-refractivity contribution in [1.82, 2.24) is 0 Å². The van der Waals surface area contributed by atoms with Gasteiger partial charge in [0.2, 0.25) is 0 Å². The summed E-state index contributed by atoms with van der Waals surface area (Å²) in [4.78, 5) is 10.5. The fourth-order valence-electron chi connectivity index (χ4n) is 0.919. The van der Waals surface area contributed by atoms with Crippen LogP contribution in [0.25, 0.3) is 0 Å². The van der Waals surface area contributed by atoms with E-state index in [2.05, 4.69) is 0 Å². The van der Waals surface area contributed by atoms with Crippen LogP contribution < -0.4 is 0 Å². The van der Waals surface area contributed by atoms with E-state index in [0.717, 1.165) is 0 Å². The summed E-state index contributed by atoms with van der Waals surface area (Å²) in [5.41, 5.74) is 0.488. The molecule has 0 fully saturated rings. The third-order valence-corrected chi connectivity index (χ3v) is 1.72. The van der Waals surface area contributed by atoms with E-state index in [4.69, 9.17) is 5.11 Å². The Hall–Kier alpha value is -0.757. The summed E-state index contributed by atoms with van der Waals surface area (Å²) in [7, 11) is 0. The standard InChI is InChI=1S/C9H9FO2.Zn/c1-6(9(11)12)7-3-2-4-8(10)5-7;/h2-6H,1H3,(H,11,12);. The van der Waals surface area contributed by atoms with E-state index in [0.29, 0.717) is 5.56 Å². The molecule has 1 N–H and O–H groups in total. The van der Waals surface area contributed by atoms with Gasteiger partial charge in [0.15, 0.2) is 0 Å². The zero-order valence-electron chi connectivity index (χ0n) is 7.33. The minimum atomic E-state index is -0.944. The smallest absolute Gasteiger partial charge is 0.310 e. The number of rotatable bonds is 2. The van der Waals surface area contributed by atoms with E-state index >= 15 is 0 Å². The van der Waals surface area contributed by atoms with Crippen LogP contribution in [0.3, 0.4) is 0 Å².